The molecule has 5 aromatic rings. The average molecular weight is 534 g/mol. The van der Waals surface area contributed by atoms with Crippen molar-refractivity contribution in [2.45, 2.75) is 6.92 Å². The summed E-state index contributed by atoms with van der Waals surface area (Å²) < 4.78 is 5.29. The third-order valence-electron chi connectivity index (χ3n) is 5.96. The molecule has 3 aromatic carbocycles. The molecule has 0 saturated heterocycles. The molecule has 0 aliphatic rings. The van der Waals surface area contributed by atoms with Gasteiger partial charge in [-0.2, -0.15) is 0 Å². The lowest BCUT2D eigenvalue weighted by molar-refractivity contribution is 0.103. The Labute approximate surface area is 222 Å². The number of benzene rings is 3. The Morgan fingerprint density at radius 1 is 1.00 bits per heavy atom. The van der Waals surface area contributed by atoms with Crippen LogP contribution in [0.1, 0.15) is 15.2 Å². The molecule has 0 aliphatic carbocycles. The van der Waals surface area contributed by atoms with Crippen LogP contribution < -0.4 is 15.8 Å². The Bertz CT molecular complexity index is 1600. The van der Waals surface area contributed by atoms with Crippen molar-refractivity contribution in [1.29, 1.82) is 0 Å². The first-order valence-corrected chi connectivity index (χ1v) is 12.6. The van der Waals surface area contributed by atoms with Crippen molar-refractivity contribution < 1.29 is 9.53 Å². The van der Waals surface area contributed by atoms with Crippen LogP contribution in [0, 0.1) is 6.92 Å². The molecule has 0 spiro atoms. The molecule has 0 atom stereocenters. The van der Waals surface area contributed by atoms with Crippen LogP contribution in [0.15, 0.2) is 72.8 Å². The van der Waals surface area contributed by atoms with Crippen molar-refractivity contribution in [3.05, 3.63) is 93.3 Å². The monoisotopic (exact) mass is 533 g/mol. The van der Waals surface area contributed by atoms with E-state index in [9.17, 15) is 4.79 Å². The molecule has 0 saturated carbocycles. The molecule has 0 radical (unpaired) electrons. The van der Waals surface area contributed by atoms with Gasteiger partial charge in [-0.25, -0.2) is 4.98 Å². The number of anilines is 2. The molecular weight excluding hydrogens is 513 g/mol. The third kappa shape index (κ3) is 4.51. The number of ether oxygens (including phenoxy) is 1. The van der Waals surface area contributed by atoms with E-state index in [2.05, 4.69) is 5.32 Å². The van der Waals surface area contributed by atoms with Crippen LogP contribution in [0.25, 0.3) is 32.6 Å². The lowest BCUT2D eigenvalue weighted by Gasteiger charge is -2.10. The molecule has 180 valence electrons. The molecule has 0 unspecified atom stereocenters. The minimum absolute atomic E-state index is 0.311. The quantitative estimate of drug-likeness (QED) is 0.239. The predicted octanol–water partition coefficient (Wildman–Crippen LogP) is 8.09. The number of nitrogens with two attached hydrogens (primary N) is 1. The normalized spacial score (nSPS) is 11.0. The molecule has 0 aliphatic heterocycles. The zero-order valence-corrected chi connectivity index (χ0v) is 21.8. The standard InChI is InChI=1S/C28H21Cl2N3O2S/c1-15-21(30)4-3-5-22(15)32-27(34)26-25(31)24-20(16-6-10-18(29)11-7-16)14-23(33-28(24)36-26)17-8-12-19(35-2)13-9-17/h3-14H,31H2,1-2H3,(H,32,34). The lowest BCUT2D eigenvalue weighted by Crippen LogP contribution is -2.12. The van der Waals surface area contributed by atoms with E-state index in [0.717, 1.165) is 39.1 Å². The summed E-state index contributed by atoms with van der Waals surface area (Å²) in [6.07, 6.45) is 0. The van der Waals surface area contributed by atoms with Gasteiger partial charge in [-0.3, -0.25) is 4.79 Å². The van der Waals surface area contributed by atoms with Crippen molar-refractivity contribution in [3.63, 3.8) is 0 Å². The molecule has 8 heteroatoms. The SMILES string of the molecule is COc1ccc(-c2cc(-c3ccc(Cl)cc3)c3c(N)c(C(=O)Nc4cccc(Cl)c4C)sc3n2)cc1. The number of fused-ring (bicyclic) bond motifs is 1. The number of methoxy groups -OCH3 is 1. The third-order valence-corrected chi connectivity index (χ3v) is 7.72. The van der Waals surface area contributed by atoms with Crippen molar-refractivity contribution in [2.24, 2.45) is 0 Å². The molecule has 3 N–H and O–H groups in total. The number of pyridine rings is 1. The number of carbonyl (C=O) groups excluding carboxylic acids is 1. The molecule has 2 heterocycles. The van der Waals surface area contributed by atoms with Crippen LogP contribution in [-0.2, 0) is 0 Å². The maximum absolute atomic E-state index is 13.3. The second-order valence-corrected chi connectivity index (χ2v) is 10.0. The van der Waals surface area contributed by atoms with E-state index in [1.54, 1.807) is 19.2 Å². The number of nitrogens with one attached hydrogen (secondary N) is 1. The van der Waals surface area contributed by atoms with Gasteiger partial charge in [-0.1, -0.05) is 41.4 Å². The first-order chi connectivity index (χ1) is 17.4. The van der Waals surface area contributed by atoms with Gasteiger partial charge >= 0.3 is 0 Å². The van der Waals surface area contributed by atoms with E-state index in [0.29, 0.717) is 31.1 Å². The topological polar surface area (TPSA) is 77.2 Å². The summed E-state index contributed by atoms with van der Waals surface area (Å²) in [5.41, 5.74) is 11.9. The highest BCUT2D eigenvalue weighted by Gasteiger charge is 2.22. The van der Waals surface area contributed by atoms with Gasteiger partial charge in [0, 0.05) is 26.7 Å². The largest absolute Gasteiger partial charge is 0.497 e. The Morgan fingerprint density at radius 3 is 2.39 bits per heavy atom. The highest BCUT2D eigenvalue weighted by Crippen LogP contribution is 2.42. The van der Waals surface area contributed by atoms with Gasteiger partial charge in [0.05, 0.1) is 18.5 Å². The number of hydrogen-bond acceptors (Lipinski definition) is 5. The summed E-state index contributed by atoms with van der Waals surface area (Å²) in [7, 11) is 1.63. The van der Waals surface area contributed by atoms with Crippen molar-refractivity contribution >= 4 is 62.0 Å². The second kappa shape index (κ2) is 9.82. The highest BCUT2D eigenvalue weighted by atomic mass is 35.5. The van der Waals surface area contributed by atoms with E-state index in [1.807, 2.05) is 67.6 Å². The average Bonchev–Trinajstić information content (AvgIpc) is 3.23. The predicted molar refractivity (Wildman–Crippen MR) is 151 cm³/mol. The van der Waals surface area contributed by atoms with Gasteiger partial charge in [0.25, 0.3) is 5.91 Å². The maximum atomic E-state index is 13.3. The number of nitrogens with zero attached hydrogens (tertiary/aromatic N) is 1. The van der Waals surface area contributed by atoms with Gasteiger partial charge < -0.3 is 15.8 Å². The first kappa shape index (κ1) is 24.1. The van der Waals surface area contributed by atoms with E-state index >= 15 is 0 Å². The Kier molecular flexibility index (Phi) is 6.58. The molecule has 0 bridgehead atoms. The summed E-state index contributed by atoms with van der Waals surface area (Å²) in [5, 5.41) is 4.88. The number of thiophene rings is 1. The molecule has 1 amide bonds. The first-order valence-electron chi connectivity index (χ1n) is 11.1. The fraction of sp³-hybridized carbons (Fsp3) is 0.0714. The summed E-state index contributed by atoms with van der Waals surface area (Å²) in [6.45, 7) is 1.85. The van der Waals surface area contributed by atoms with Gasteiger partial charge in [-0.15, -0.1) is 11.3 Å². The van der Waals surface area contributed by atoms with E-state index in [1.165, 1.54) is 11.3 Å². The van der Waals surface area contributed by atoms with Crippen LogP contribution in [-0.4, -0.2) is 18.0 Å². The van der Waals surface area contributed by atoms with Gasteiger partial charge in [0.15, 0.2) is 0 Å². The van der Waals surface area contributed by atoms with Crippen molar-refractivity contribution in [1.82, 2.24) is 4.98 Å². The van der Waals surface area contributed by atoms with Crippen molar-refractivity contribution in [3.8, 4) is 28.1 Å². The second-order valence-electron chi connectivity index (χ2n) is 8.18. The summed E-state index contributed by atoms with van der Waals surface area (Å²) >= 11 is 13.6. The summed E-state index contributed by atoms with van der Waals surface area (Å²) in [6, 6.07) is 22.6. The summed E-state index contributed by atoms with van der Waals surface area (Å²) in [5.74, 6) is 0.447. The van der Waals surface area contributed by atoms with Gasteiger partial charge in [0.2, 0.25) is 0 Å². The minimum atomic E-state index is -0.311. The lowest BCUT2D eigenvalue weighted by atomic mass is 9.99. The smallest absolute Gasteiger partial charge is 0.267 e. The Balaban J connectivity index is 1.66. The fourth-order valence-corrected chi connectivity index (χ4v) is 5.29. The van der Waals surface area contributed by atoms with Crippen LogP contribution in [0.2, 0.25) is 10.0 Å². The molecular formula is C28H21Cl2N3O2S. The van der Waals surface area contributed by atoms with E-state index in [-0.39, 0.29) is 5.91 Å². The number of hydrogen-bond donors (Lipinski definition) is 2. The highest BCUT2D eigenvalue weighted by molar-refractivity contribution is 7.21. The zero-order valence-electron chi connectivity index (χ0n) is 19.4. The molecule has 2 aromatic heterocycles. The van der Waals surface area contributed by atoms with Crippen LogP contribution in [0.3, 0.4) is 0 Å². The van der Waals surface area contributed by atoms with Crippen molar-refractivity contribution in [2.75, 3.05) is 18.2 Å². The molecule has 5 rings (SSSR count). The number of halogens is 2. The maximum Gasteiger partial charge on any atom is 0.267 e. The van der Waals surface area contributed by atoms with E-state index < -0.39 is 0 Å². The number of carbonyl (C=O) groups is 1. The van der Waals surface area contributed by atoms with Crippen LogP contribution in [0.5, 0.6) is 5.75 Å². The summed E-state index contributed by atoms with van der Waals surface area (Å²) in [4.78, 5) is 19.2. The van der Waals surface area contributed by atoms with Crippen LogP contribution in [0.4, 0.5) is 11.4 Å². The van der Waals surface area contributed by atoms with Crippen LogP contribution >= 0.6 is 34.5 Å². The van der Waals surface area contributed by atoms with E-state index in [4.69, 9.17) is 38.7 Å². The molecule has 5 nitrogen and oxygen atoms in total. The fourth-order valence-electron chi connectivity index (χ4n) is 3.98. The molecule has 0 fully saturated rings. The Hall–Kier alpha value is -3.58. The zero-order chi connectivity index (χ0) is 25.4. The van der Waals surface area contributed by atoms with Gasteiger partial charge in [0.1, 0.15) is 15.5 Å². The molecule has 36 heavy (non-hydrogen) atoms. The van der Waals surface area contributed by atoms with Gasteiger partial charge in [-0.05, 0) is 78.2 Å². The number of nitrogen functional groups attached to an aromatic ring is 1. The minimum Gasteiger partial charge on any atom is -0.497 e. The Morgan fingerprint density at radius 2 is 1.69 bits per heavy atom. The number of rotatable bonds is 5. The number of amides is 1. The number of aromatic nitrogens is 1.